The van der Waals surface area contributed by atoms with Gasteiger partial charge in [0.1, 0.15) is 25.5 Å². The zero-order valence-corrected chi connectivity index (χ0v) is 16.7. The highest BCUT2D eigenvalue weighted by Crippen LogP contribution is 2.27. The van der Waals surface area contributed by atoms with E-state index < -0.39 is 0 Å². The second kappa shape index (κ2) is 11.2. The molecule has 0 saturated heterocycles. The van der Waals surface area contributed by atoms with E-state index in [1.165, 1.54) is 0 Å². The molecule has 0 amide bonds. The van der Waals surface area contributed by atoms with E-state index in [9.17, 15) is 4.79 Å². The second-order valence-corrected chi connectivity index (χ2v) is 6.44. The lowest BCUT2D eigenvalue weighted by Gasteiger charge is -2.10. The molecule has 6 nitrogen and oxygen atoms in total. The monoisotopic (exact) mass is 397 g/mol. The number of hydrogen-bond donors (Lipinski definition) is 0. The Morgan fingerprint density at radius 3 is 2.52 bits per heavy atom. The first-order chi connectivity index (χ1) is 14.3. The number of rotatable bonds is 12. The molecule has 154 valence electrons. The smallest absolute Gasteiger partial charge is 0.326 e. The van der Waals surface area contributed by atoms with Crippen LogP contribution in [0.3, 0.4) is 0 Å². The molecule has 3 aromatic rings. The third kappa shape index (κ3) is 6.34. The molecule has 0 spiro atoms. The number of fused-ring (bicyclic) bond motifs is 1. The Morgan fingerprint density at radius 1 is 0.897 bits per heavy atom. The minimum Gasteiger partial charge on any atom is -0.488 e. The molecule has 0 atom stereocenters. The van der Waals surface area contributed by atoms with Crippen LogP contribution in [0.25, 0.3) is 10.9 Å². The summed E-state index contributed by atoms with van der Waals surface area (Å²) in [5.41, 5.74) is 2.04. The van der Waals surface area contributed by atoms with E-state index in [0.717, 1.165) is 22.2 Å². The number of hydrogen-bond acceptors (Lipinski definition) is 5. The highest BCUT2D eigenvalue weighted by atomic mass is 16.6. The van der Waals surface area contributed by atoms with Gasteiger partial charge in [-0.3, -0.25) is 4.79 Å². The number of esters is 1. The van der Waals surface area contributed by atoms with Crippen molar-refractivity contribution in [2.45, 2.75) is 20.1 Å². The number of ether oxygens (including phenoxy) is 4. The largest absolute Gasteiger partial charge is 0.488 e. The van der Waals surface area contributed by atoms with Crippen LogP contribution >= 0.6 is 0 Å². The lowest BCUT2D eigenvalue weighted by molar-refractivity contribution is -0.145. The summed E-state index contributed by atoms with van der Waals surface area (Å²) < 4.78 is 23.6. The molecular formula is C23H27NO5. The van der Waals surface area contributed by atoms with Crippen LogP contribution in [0.4, 0.5) is 0 Å². The topological polar surface area (TPSA) is 58.9 Å². The van der Waals surface area contributed by atoms with Crippen LogP contribution in [-0.4, -0.2) is 43.6 Å². The van der Waals surface area contributed by atoms with Gasteiger partial charge in [0.25, 0.3) is 0 Å². The van der Waals surface area contributed by atoms with E-state index in [0.29, 0.717) is 33.0 Å². The van der Waals surface area contributed by atoms with Crippen molar-refractivity contribution >= 4 is 16.9 Å². The maximum atomic E-state index is 12.1. The molecule has 0 aliphatic heterocycles. The van der Waals surface area contributed by atoms with E-state index >= 15 is 0 Å². The van der Waals surface area contributed by atoms with E-state index in [1.807, 2.05) is 72.3 Å². The molecule has 0 radical (unpaired) electrons. The summed E-state index contributed by atoms with van der Waals surface area (Å²) in [6.45, 7) is 4.89. The van der Waals surface area contributed by atoms with Gasteiger partial charge in [-0.25, -0.2) is 0 Å². The second-order valence-electron chi connectivity index (χ2n) is 6.44. The van der Waals surface area contributed by atoms with Crippen molar-refractivity contribution in [3.8, 4) is 5.75 Å². The van der Waals surface area contributed by atoms with Crippen molar-refractivity contribution in [1.82, 2.24) is 4.57 Å². The minimum absolute atomic E-state index is 0.143. The summed E-state index contributed by atoms with van der Waals surface area (Å²) in [6, 6.07) is 17.8. The van der Waals surface area contributed by atoms with E-state index in [2.05, 4.69) is 0 Å². The number of nitrogens with zero attached hydrogens (tertiary/aromatic N) is 1. The first-order valence-corrected chi connectivity index (χ1v) is 9.83. The molecule has 2 aromatic carbocycles. The molecule has 0 unspecified atom stereocenters. The SMILES string of the molecule is CCOCCOCCOC(=O)Cn1ccc2c(OCc3ccccc3)cccc21. The van der Waals surface area contributed by atoms with Gasteiger partial charge in [-0.2, -0.15) is 0 Å². The highest BCUT2D eigenvalue weighted by molar-refractivity contribution is 5.87. The van der Waals surface area contributed by atoms with Crippen molar-refractivity contribution in [3.05, 3.63) is 66.4 Å². The Hall–Kier alpha value is -2.83. The van der Waals surface area contributed by atoms with Gasteiger partial charge in [-0.1, -0.05) is 36.4 Å². The Kier molecular flexibility index (Phi) is 8.10. The van der Waals surface area contributed by atoms with E-state index in [4.69, 9.17) is 18.9 Å². The van der Waals surface area contributed by atoms with Gasteiger partial charge in [0.05, 0.1) is 25.3 Å². The zero-order valence-electron chi connectivity index (χ0n) is 16.7. The molecular weight excluding hydrogens is 370 g/mol. The lowest BCUT2D eigenvalue weighted by Crippen LogP contribution is -2.16. The minimum atomic E-state index is -0.300. The molecule has 0 aliphatic carbocycles. The van der Waals surface area contributed by atoms with E-state index in [-0.39, 0.29) is 19.1 Å². The molecule has 29 heavy (non-hydrogen) atoms. The molecule has 0 saturated carbocycles. The van der Waals surface area contributed by atoms with Gasteiger partial charge in [0.15, 0.2) is 0 Å². The summed E-state index contributed by atoms with van der Waals surface area (Å²) in [4.78, 5) is 12.1. The molecule has 0 aliphatic rings. The highest BCUT2D eigenvalue weighted by Gasteiger charge is 2.10. The lowest BCUT2D eigenvalue weighted by atomic mass is 10.2. The van der Waals surface area contributed by atoms with Gasteiger partial charge >= 0.3 is 5.97 Å². The summed E-state index contributed by atoms with van der Waals surface area (Å²) in [5.74, 6) is 0.493. The summed E-state index contributed by atoms with van der Waals surface area (Å²) in [6.07, 6.45) is 1.87. The number of benzene rings is 2. The molecule has 0 bridgehead atoms. The maximum Gasteiger partial charge on any atom is 0.326 e. The number of aromatic nitrogens is 1. The van der Waals surface area contributed by atoms with Crippen molar-refractivity contribution in [2.24, 2.45) is 0 Å². The Bertz CT molecular complexity index is 891. The fraction of sp³-hybridized carbons (Fsp3) is 0.348. The number of carbonyl (C=O) groups is 1. The Morgan fingerprint density at radius 2 is 1.69 bits per heavy atom. The van der Waals surface area contributed by atoms with Crippen molar-refractivity contribution in [3.63, 3.8) is 0 Å². The fourth-order valence-corrected chi connectivity index (χ4v) is 2.96. The van der Waals surface area contributed by atoms with Gasteiger partial charge < -0.3 is 23.5 Å². The Labute approximate surface area is 170 Å². The van der Waals surface area contributed by atoms with Gasteiger partial charge in [0.2, 0.25) is 0 Å². The molecule has 0 N–H and O–H groups in total. The fourth-order valence-electron chi connectivity index (χ4n) is 2.96. The van der Waals surface area contributed by atoms with E-state index in [1.54, 1.807) is 0 Å². The van der Waals surface area contributed by atoms with Crippen LogP contribution in [0.1, 0.15) is 12.5 Å². The molecule has 1 heterocycles. The van der Waals surface area contributed by atoms with Gasteiger partial charge in [-0.05, 0) is 30.7 Å². The standard InChI is InChI=1S/C23H27NO5/c1-2-26-13-14-27-15-16-28-23(25)17-24-12-11-20-21(24)9-6-10-22(20)29-18-19-7-4-3-5-8-19/h3-12H,2,13-18H2,1H3. The van der Waals surface area contributed by atoms with Crippen molar-refractivity contribution < 1.29 is 23.7 Å². The quantitative estimate of drug-likeness (QED) is 0.344. The van der Waals surface area contributed by atoms with Crippen molar-refractivity contribution in [2.75, 3.05) is 33.0 Å². The molecule has 1 aromatic heterocycles. The maximum absolute atomic E-state index is 12.1. The van der Waals surface area contributed by atoms with Crippen LogP contribution in [0.5, 0.6) is 5.75 Å². The predicted octanol–water partition coefficient (Wildman–Crippen LogP) is 3.82. The summed E-state index contributed by atoms with van der Waals surface area (Å²) in [7, 11) is 0. The molecule has 3 rings (SSSR count). The first kappa shape index (κ1) is 20.9. The Balaban J connectivity index is 1.51. The normalized spacial score (nSPS) is 10.9. The average molecular weight is 397 g/mol. The van der Waals surface area contributed by atoms with Crippen LogP contribution < -0.4 is 4.74 Å². The van der Waals surface area contributed by atoms with Crippen molar-refractivity contribution in [1.29, 1.82) is 0 Å². The van der Waals surface area contributed by atoms with Crippen LogP contribution in [0, 0.1) is 0 Å². The number of carbonyl (C=O) groups excluding carboxylic acids is 1. The first-order valence-electron chi connectivity index (χ1n) is 9.83. The van der Waals surface area contributed by atoms with Crippen LogP contribution in [0.15, 0.2) is 60.8 Å². The van der Waals surface area contributed by atoms with Crippen LogP contribution in [-0.2, 0) is 32.2 Å². The third-order valence-electron chi connectivity index (χ3n) is 4.38. The van der Waals surface area contributed by atoms with Gasteiger partial charge in [0, 0.05) is 18.2 Å². The zero-order chi connectivity index (χ0) is 20.3. The van der Waals surface area contributed by atoms with Gasteiger partial charge in [-0.15, -0.1) is 0 Å². The summed E-state index contributed by atoms with van der Waals surface area (Å²) in [5, 5.41) is 0.968. The molecule has 0 fully saturated rings. The molecule has 6 heteroatoms. The van der Waals surface area contributed by atoms with Crippen LogP contribution in [0.2, 0.25) is 0 Å². The summed E-state index contributed by atoms with van der Waals surface area (Å²) >= 11 is 0. The average Bonchev–Trinajstić information content (AvgIpc) is 3.15. The predicted molar refractivity (Wildman–Crippen MR) is 111 cm³/mol. The third-order valence-corrected chi connectivity index (χ3v) is 4.38.